The molecule has 2 saturated carbocycles. The average molecular weight is 210 g/mol. The number of fused-ring (bicyclic) bond motifs is 1. The van der Waals surface area contributed by atoms with E-state index < -0.39 is 0 Å². The molecule has 1 spiro atoms. The van der Waals surface area contributed by atoms with Gasteiger partial charge in [0.1, 0.15) is 5.78 Å². The van der Waals surface area contributed by atoms with Gasteiger partial charge in [0, 0.05) is 25.7 Å². The van der Waals surface area contributed by atoms with E-state index in [0.717, 1.165) is 51.2 Å². The number of carbonyl (C=O) groups excluding carboxylic acids is 1. The summed E-state index contributed by atoms with van der Waals surface area (Å²) >= 11 is 0. The number of carbonyl (C=O) groups is 1. The summed E-state index contributed by atoms with van der Waals surface area (Å²) in [5.41, 5.74) is 0. The smallest absolute Gasteiger partial charge is 0.168 e. The maximum Gasteiger partial charge on any atom is 0.168 e. The first-order valence-corrected chi connectivity index (χ1v) is 6.07. The van der Waals surface area contributed by atoms with Crippen molar-refractivity contribution in [3.63, 3.8) is 0 Å². The maximum absolute atomic E-state index is 11.4. The standard InChI is InChI=1S/C12H18O3/c13-11-2-1-9-3-4-12(8-10(9)7-11)14-5-6-15-12/h9-10H,1-8H2. The van der Waals surface area contributed by atoms with E-state index in [1.165, 1.54) is 6.42 Å². The number of rotatable bonds is 0. The van der Waals surface area contributed by atoms with Crippen molar-refractivity contribution >= 4 is 5.78 Å². The molecule has 1 saturated heterocycles. The summed E-state index contributed by atoms with van der Waals surface area (Å²) < 4.78 is 11.5. The quantitative estimate of drug-likeness (QED) is 0.612. The lowest BCUT2D eigenvalue weighted by Crippen LogP contribution is -2.42. The fraction of sp³-hybridized carbons (Fsp3) is 0.917. The zero-order chi connectivity index (χ0) is 10.3. The molecule has 1 aliphatic heterocycles. The number of Topliss-reactive ketones (excluding diaryl/α,β-unsaturated/α-hetero) is 1. The lowest BCUT2D eigenvalue weighted by atomic mass is 9.68. The molecule has 0 radical (unpaired) electrons. The van der Waals surface area contributed by atoms with Crippen molar-refractivity contribution < 1.29 is 14.3 Å². The van der Waals surface area contributed by atoms with E-state index in [0.29, 0.717) is 11.7 Å². The highest BCUT2D eigenvalue weighted by molar-refractivity contribution is 5.79. The Hall–Kier alpha value is -0.410. The number of hydrogen-bond donors (Lipinski definition) is 0. The van der Waals surface area contributed by atoms with Gasteiger partial charge in [-0.25, -0.2) is 0 Å². The van der Waals surface area contributed by atoms with E-state index in [4.69, 9.17) is 9.47 Å². The first-order chi connectivity index (χ1) is 7.27. The molecular formula is C12H18O3. The zero-order valence-corrected chi connectivity index (χ0v) is 9.04. The summed E-state index contributed by atoms with van der Waals surface area (Å²) in [5, 5.41) is 0. The topological polar surface area (TPSA) is 35.5 Å². The van der Waals surface area contributed by atoms with Crippen molar-refractivity contribution in [3.8, 4) is 0 Å². The van der Waals surface area contributed by atoms with Crippen LogP contribution in [0.1, 0.15) is 38.5 Å². The summed E-state index contributed by atoms with van der Waals surface area (Å²) in [7, 11) is 0. The van der Waals surface area contributed by atoms with E-state index >= 15 is 0 Å². The molecule has 3 nitrogen and oxygen atoms in total. The molecule has 0 aromatic heterocycles. The SMILES string of the molecule is O=C1CCC2CCC3(CC2C1)OCCO3. The Kier molecular flexibility index (Phi) is 2.33. The average Bonchev–Trinajstić information content (AvgIpc) is 2.66. The highest BCUT2D eigenvalue weighted by Gasteiger charge is 2.46. The van der Waals surface area contributed by atoms with Crippen LogP contribution in [-0.4, -0.2) is 24.8 Å². The lowest BCUT2D eigenvalue weighted by molar-refractivity contribution is -0.197. The van der Waals surface area contributed by atoms with Crippen LogP contribution in [0.5, 0.6) is 0 Å². The van der Waals surface area contributed by atoms with Gasteiger partial charge in [-0.15, -0.1) is 0 Å². The minimum atomic E-state index is -0.307. The number of ether oxygens (including phenoxy) is 2. The summed E-state index contributed by atoms with van der Waals surface area (Å²) in [6, 6.07) is 0. The fourth-order valence-corrected chi connectivity index (χ4v) is 3.43. The van der Waals surface area contributed by atoms with Gasteiger partial charge in [-0.1, -0.05) is 0 Å². The Morgan fingerprint density at radius 1 is 1.13 bits per heavy atom. The van der Waals surface area contributed by atoms with Gasteiger partial charge in [-0.05, 0) is 24.7 Å². The van der Waals surface area contributed by atoms with Gasteiger partial charge in [0.2, 0.25) is 0 Å². The molecule has 2 atom stereocenters. The fourth-order valence-electron chi connectivity index (χ4n) is 3.43. The normalized spacial score (nSPS) is 39.3. The van der Waals surface area contributed by atoms with Crippen molar-refractivity contribution in [3.05, 3.63) is 0 Å². The molecule has 15 heavy (non-hydrogen) atoms. The summed E-state index contributed by atoms with van der Waals surface area (Å²) in [5.74, 6) is 1.41. The first kappa shape index (κ1) is 9.79. The van der Waals surface area contributed by atoms with Crippen LogP contribution in [0.15, 0.2) is 0 Å². The summed E-state index contributed by atoms with van der Waals surface area (Å²) in [4.78, 5) is 11.4. The van der Waals surface area contributed by atoms with E-state index in [-0.39, 0.29) is 5.79 Å². The van der Waals surface area contributed by atoms with Crippen LogP contribution >= 0.6 is 0 Å². The van der Waals surface area contributed by atoms with Gasteiger partial charge in [0.05, 0.1) is 13.2 Å². The van der Waals surface area contributed by atoms with Crippen molar-refractivity contribution in [2.75, 3.05) is 13.2 Å². The molecule has 3 fully saturated rings. The molecule has 0 aromatic carbocycles. The highest BCUT2D eigenvalue weighted by atomic mass is 16.7. The molecule has 0 amide bonds. The maximum atomic E-state index is 11.4. The second kappa shape index (κ2) is 3.56. The van der Waals surface area contributed by atoms with Gasteiger partial charge < -0.3 is 9.47 Å². The van der Waals surface area contributed by atoms with E-state index in [9.17, 15) is 4.79 Å². The Morgan fingerprint density at radius 2 is 1.93 bits per heavy atom. The van der Waals surface area contributed by atoms with Crippen LogP contribution < -0.4 is 0 Å². The van der Waals surface area contributed by atoms with E-state index in [2.05, 4.69) is 0 Å². The predicted molar refractivity (Wildman–Crippen MR) is 54.3 cm³/mol. The monoisotopic (exact) mass is 210 g/mol. The van der Waals surface area contributed by atoms with Crippen LogP contribution in [0.25, 0.3) is 0 Å². The molecule has 0 aromatic rings. The van der Waals surface area contributed by atoms with Crippen molar-refractivity contribution in [1.82, 2.24) is 0 Å². The third-order valence-corrected chi connectivity index (χ3v) is 4.23. The third-order valence-electron chi connectivity index (χ3n) is 4.23. The summed E-state index contributed by atoms with van der Waals surface area (Å²) in [6.07, 6.45) is 5.82. The van der Waals surface area contributed by atoms with Gasteiger partial charge in [-0.3, -0.25) is 4.79 Å². The van der Waals surface area contributed by atoms with Crippen LogP contribution in [0, 0.1) is 11.8 Å². The molecule has 3 aliphatic rings. The minimum Gasteiger partial charge on any atom is -0.348 e. The van der Waals surface area contributed by atoms with Gasteiger partial charge in [0.15, 0.2) is 5.79 Å². The second-order valence-electron chi connectivity index (χ2n) is 5.15. The third kappa shape index (κ3) is 1.72. The second-order valence-corrected chi connectivity index (χ2v) is 5.15. The van der Waals surface area contributed by atoms with Gasteiger partial charge in [-0.2, -0.15) is 0 Å². The Morgan fingerprint density at radius 3 is 2.73 bits per heavy atom. The van der Waals surface area contributed by atoms with Crippen LogP contribution in [-0.2, 0) is 14.3 Å². The molecule has 0 bridgehead atoms. The number of ketones is 1. The van der Waals surface area contributed by atoms with E-state index in [1.807, 2.05) is 0 Å². The summed E-state index contributed by atoms with van der Waals surface area (Å²) in [6.45, 7) is 1.46. The molecule has 2 unspecified atom stereocenters. The van der Waals surface area contributed by atoms with Crippen molar-refractivity contribution in [2.45, 2.75) is 44.3 Å². The van der Waals surface area contributed by atoms with Crippen molar-refractivity contribution in [2.24, 2.45) is 11.8 Å². The Bertz CT molecular complexity index is 268. The minimum absolute atomic E-state index is 0.307. The van der Waals surface area contributed by atoms with Gasteiger partial charge >= 0.3 is 0 Å². The predicted octanol–water partition coefficient (Wildman–Crippen LogP) is 1.90. The van der Waals surface area contributed by atoms with E-state index in [1.54, 1.807) is 0 Å². The van der Waals surface area contributed by atoms with Crippen molar-refractivity contribution in [1.29, 1.82) is 0 Å². The molecule has 3 rings (SSSR count). The first-order valence-electron chi connectivity index (χ1n) is 6.07. The lowest BCUT2D eigenvalue weighted by Gasteiger charge is -2.42. The Balaban J connectivity index is 1.72. The van der Waals surface area contributed by atoms with Gasteiger partial charge in [0.25, 0.3) is 0 Å². The Labute approximate surface area is 90.1 Å². The molecule has 2 aliphatic carbocycles. The molecule has 0 N–H and O–H groups in total. The van der Waals surface area contributed by atoms with Crippen LogP contribution in [0.4, 0.5) is 0 Å². The zero-order valence-electron chi connectivity index (χ0n) is 9.04. The molecule has 84 valence electrons. The largest absolute Gasteiger partial charge is 0.348 e. The molecule has 1 heterocycles. The van der Waals surface area contributed by atoms with Crippen LogP contribution in [0.2, 0.25) is 0 Å². The number of hydrogen-bond acceptors (Lipinski definition) is 3. The highest BCUT2D eigenvalue weighted by Crippen LogP contribution is 2.46. The van der Waals surface area contributed by atoms with Crippen LogP contribution in [0.3, 0.4) is 0 Å². The molecule has 3 heteroatoms. The molecular weight excluding hydrogens is 192 g/mol.